The van der Waals surface area contributed by atoms with Crippen LogP contribution in [0.5, 0.6) is 0 Å². The van der Waals surface area contributed by atoms with E-state index in [1.54, 1.807) is 0 Å². The molecule has 0 aromatic heterocycles. The Kier molecular flexibility index (Phi) is 7.15. The molecular weight excluding hydrogens is 327 g/mol. The minimum atomic E-state index is -0.0526. The lowest BCUT2D eigenvalue weighted by Crippen LogP contribution is -2.43. The summed E-state index contributed by atoms with van der Waals surface area (Å²) >= 11 is 0. The van der Waals surface area contributed by atoms with E-state index in [9.17, 15) is 0 Å². The van der Waals surface area contributed by atoms with Crippen molar-refractivity contribution in [1.82, 2.24) is 5.32 Å². The number of benzene rings is 2. The molecule has 1 aliphatic carbocycles. The minimum absolute atomic E-state index is 0.0526. The molecule has 3 unspecified atom stereocenters. The van der Waals surface area contributed by atoms with Gasteiger partial charge in [-0.2, -0.15) is 0 Å². The first kappa shape index (κ1) is 20.2. The van der Waals surface area contributed by atoms with Gasteiger partial charge < -0.3 is 11.1 Å². The lowest BCUT2D eigenvalue weighted by Gasteiger charge is -2.32. The molecule has 3 heteroatoms. The average Bonchev–Trinajstić information content (AvgIpc) is 3.18. The van der Waals surface area contributed by atoms with E-state index in [2.05, 4.69) is 66.8 Å². The molecule has 1 aliphatic rings. The fourth-order valence-electron chi connectivity index (χ4n) is 4.33. The molecule has 0 bridgehead atoms. The van der Waals surface area contributed by atoms with Gasteiger partial charge in [-0.1, -0.05) is 73.8 Å². The predicted octanol–water partition coefficient (Wildman–Crippen LogP) is 5.09. The summed E-state index contributed by atoms with van der Waals surface area (Å²) in [5.74, 6) is 0.619. The first-order valence-electron chi connectivity index (χ1n) is 10.4. The van der Waals surface area contributed by atoms with Crippen molar-refractivity contribution in [2.75, 3.05) is 0 Å². The Morgan fingerprint density at radius 1 is 1.00 bits per heavy atom. The van der Waals surface area contributed by atoms with Crippen molar-refractivity contribution in [1.29, 1.82) is 0 Å². The number of rotatable bonds is 9. The fourth-order valence-corrected chi connectivity index (χ4v) is 4.33. The fraction of sp³-hybridized carbons (Fsp3) is 0.500. The third-order valence-corrected chi connectivity index (χ3v) is 6.19. The van der Waals surface area contributed by atoms with Crippen LogP contribution in [0, 0.1) is 5.92 Å². The molecule has 2 radical (unpaired) electrons. The lowest BCUT2D eigenvalue weighted by atomic mass is 9.80. The molecule has 0 amide bonds. The lowest BCUT2D eigenvalue weighted by molar-refractivity contribution is 0.269. The van der Waals surface area contributed by atoms with Gasteiger partial charge in [-0.15, -0.1) is 0 Å². The monoisotopic (exact) mass is 360 g/mol. The Labute approximate surface area is 166 Å². The van der Waals surface area contributed by atoms with E-state index in [4.69, 9.17) is 13.6 Å². The molecule has 3 atom stereocenters. The van der Waals surface area contributed by atoms with Crippen LogP contribution in [0.25, 0.3) is 11.1 Å². The van der Waals surface area contributed by atoms with Gasteiger partial charge in [0.05, 0.1) is 7.85 Å². The van der Waals surface area contributed by atoms with Gasteiger partial charge in [0.25, 0.3) is 0 Å². The van der Waals surface area contributed by atoms with Crippen LogP contribution in [0.4, 0.5) is 0 Å². The van der Waals surface area contributed by atoms with Crippen LogP contribution in [0.15, 0.2) is 54.6 Å². The quantitative estimate of drug-likeness (QED) is 0.483. The Morgan fingerprint density at radius 2 is 1.70 bits per heavy atom. The van der Waals surface area contributed by atoms with Gasteiger partial charge in [0, 0.05) is 18.1 Å². The third kappa shape index (κ3) is 5.70. The Bertz CT molecular complexity index is 681. The minimum Gasteiger partial charge on any atom is -0.325 e. The second-order valence-electron chi connectivity index (χ2n) is 8.40. The molecular formula is C24H33BN2. The molecule has 27 heavy (non-hydrogen) atoms. The smallest absolute Gasteiger partial charge is 0.0653 e. The summed E-state index contributed by atoms with van der Waals surface area (Å²) in [4.78, 5) is 0. The van der Waals surface area contributed by atoms with Gasteiger partial charge in [-0.25, -0.2) is 0 Å². The number of hydrogen-bond donors (Lipinski definition) is 2. The summed E-state index contributed by atoms with van der Waals surface area (Å²) in [7, 11) is 5.62. The number of unbranched alkanes of at least 4 members (excludes halogenated alkanes) is 1. The summed E-state index contributed by atoms with van der Waals surface area (Å²) in [5, 5.41) is 3.75. The third-order valence-electron chi connectivity index (χ3n) is 6.19. The number of nitrogens with two attached hydrogens (primary N) is 1. The normalized spacial score (nSPS) is 21.9. The topological polar surface area (TPSA) is 38.0 Å². The summed E-state index contributed by atoms with van der Waals surface area (Å²) in [6.45, 7) is 3.17. The molecule has 1 saturated carbocycles. The van der Waals surface area contributed by atoms with Crippen molar-refractivity contribution in [3.05, 3.63) is 60.2 Å². The molecule has 0 aliphatic heterocycles. The van der Waals surface area contributed by atoms with Crippen LogP contribution in [0.3, 0.4) is 0 Å². The zero-order chi connectivity index (χ0) is 19.1. The van der Waals surface area contributed by atoms with E-state index in [0.717, 1.165) is 32.1 Å². The van der Waals surface area contributed by atoms with E-state index in [0.29, 0.717) is 12.0 Å². The molecule has 2 aromatic carbocycles. The van der Waals surface area contributed by atoms with Crippen molar-refractivity contribution in [2.24, 2.45) is 11.7 Å². The molecule has 0 saturated heterocycles. The predicted molar refractivity (Wildman–Crippen MR) is 117 cm³/mol. The van der Waals surface area contributed by atoms with Crippen LogP contribution >= 0.6 is 0 Å². The summed E-state index contributed by atoms with van der Waals surface area (Å²) in [5.41, 5.74) is 10.5. The van der Waals surface area contributed by atoms with Crippen molar-refractivity contribution < 1.29 is 0 Å². The second kappa shape index (κ2) is 9.57. The number of nitrogens with one attached hydrogen (secondary N) is 1. The summed E-state index contributed by atoms with van der Waals surface area (Å²) < 4.78 is 0. The van der Waals surface area contributed by atoms with Gasteiger partial charge >= 0.3 is 0 Å². The SMILES string of the molecule is [B]CCCCC(C)(N)C1CCC(NCc2ccc(-c3ccccc3)cc2)C1. The highest BCUT2D eigenvalue weighted by Crippen LogP contribution is 2.35. The van der Waals surface area contributed by atoms with Crippen LogP contribution in [-0.2, 0) is 6.54 Å². The molecule has 142 valence electrons. The highest BCUT2D eigenvalue weighted by atomic mass is 14.9. The molecule has 0 heterocycles. The van der Waals surface area contributed by atoms with E-state index in [1.165, 1.54) is 36.0 Å². The molecule has 0 spiro atoms. The van der Waals surface area contributed by atoms with Crippen molar-refractivity contribution in [2.45, 2.75) is 69.9 Å². The van der Waals surface area contributed by atoms with Crippen LogP contribution in [-0.4, -0.2) is 19.4 Å². The summed E-state index contributed by atoms with van der Waals surface area (Å²) in [6.07, 6.45) is 7.75. The van der Waals surface area contributed by atoms with E-state index < -0.39 is 0 Å². The maximum Gasteiger partial charge on any atom is 0.0653 e. The maximum atomic E-state index is 6.64. The van der Waals surface area contributed by atoms with E-state index in [1.807, 2.05) is 0 Å². The Hall–Kier alpha value is -1.58. The van der Waals surface area contributed by atoms with Gasteiger partial charge in [-0.3, -0.25) is 0 Å². The standard InChI is InChI=1S/C24H33BN2/c1-24(26,15-5-6-16-25)22-13-14-23(17-22)27-18-19-9-11-21(12-10-19)20-7-3-2-4-8-20/h2-4,7-12,22-23,27H,5-6,13-18,26H2,1H3. The highest BCUT2D eigenvalue weighted by molar-refractivity contribution is 6.08. The molecule has 3 N–H and O–H groups in total. The van der Waals surface area contributed by atoms with Gasteiger partial charge in [0.2, 0.25) is 0 Å². The van der Waals surface area contributed by atoms with E-state index in [-0.39, 0.29) is 5.54 Å². The van der Waals surface area contributed by atoms with Crippen LogP contribution in [0.2, 0.25) is 6.32 Å². The maximum absolute atomic E-state index is 6.64. The largest absolute Gasteiger partial charge is 0.325 e. The Balaban J connectivity index is 1.47. The zero-order valence-corrected chi connectivity index (χ0v) is 16.7. The molecule has 2 nitrogen and oxygen atoms in total. The van der Waals surface area contributed by atoms with Crippen molar-refractivity contribution in [3.8, 4) is 11.1 Å². The molecule has 1 fully saturated rings. The molecule has 2 aromatic rings. The average molecular weight is 360 g/mol. The van der Waals surface area contributed by atoms with Crippen molar-refractivity contribution >= 4 is 7.85 Å². The van der Waals surface area contributed by atoms with Crippen molar-refractivity contribution in [3.63, 3.8) is 0 Å². The Morgan fingerprint density at radius 3 is 2.41 bits per heavy atom. The zero-order valence-electron chi connectivity index (χ0n) is 16.7. The number of hydrogen-bond acceptors (Lipinski definition) is 2. The van der Waals surface area contributed by atoms with Crippen LogP contribution in [0.1, 0.15) is 51.0 Å². The van der Waals surface area contributed by atoms with Gasteiger partial charge in [0.1, 0.15) is 0 Å². The summed E-state index contributed by atoms with van der Waals surface area (Å²) in [6, 6.07) is 20.0. The molecule has 3 rings (SSSR count). The first-order valence-corrected chi connectivity index (χ1v) is 10.4. The highest BCUT2D eigenvalue weighted by Gasteiger charge is 2.35. The van der Waals surface area contributed by atoms with Gasteiger partial charge in [-0.05, 0) is 55.2 Å². The van der Waals surface area contributed by atoms with Gasteiger partial charge in [0.15, 0.2) is 0 Å². The van der Waals surface area contributed by atoms with Crippen LogP contribution < -0.4 is 11.1 Å². The van der Waals surface area contributed by atoms with E-state index >= 15 is 0 Å². The second-order valence-corrected chi connectivity index (χ2v) is 8.40. The first-order chi connectivity index (χ1) is 13.1.